The maximum Gasteiger partial charge on any atom is 0.256 e. The van der Waals surface area contributed by atoms with Gasteiger partial charge in [0.1, 0.15) is 11.5 Å². The van der Waals surface area contributed by atoms with Gasteiger partial charge in [0.25, 0.3) is 6.43 Å². The highest BCUT2D eigenvalue weighted by Gasteiger charge is 2.41. The fourth-order valence-electron chi connectivity index (χ4n) is 4.91. The molecular formula is C23H26F2N8O2. The normalized spacial score (nSPS) is 19.8. The standard InChI is InChI=1S/C23H26F2N8O2/c1-11-28-19-16(33(11)10-17(24)25)5-13(8-26-19)15-9-27-20-18(15)21(35-4)31-22(30-20)29-14-6-23(3,7-14)32-12(2)34/h5,8-9,14,17H,6-7,10H2,1-4H3,(H,32,34)(H2,27,29,30,31). The van der Waals surface area contributed by atoms with Crippen LogP contribution in [0.25, 0.3) is 33.3 Å². The molecule has 1 saturated carbocycles. The molecule has 1 fully saturated rings. The van der Waals surface area contributed by atoms with Crippen LogP contribution >= 0.6 is 0 Å². The van der Waals surface area contributed by atoms with Crippen molar-refractivity contribution in [2.45, 2.75) is 58.2 Å². The molecule has 1 amide bonds. The van der Waals surface area contributed by atoms with Crippen molar-refractivity contribution < 1.29 is 18.3 Å². The van der Waals surface area contributed by atoms with Crippen molar-refractivity contribution in [3.63, 3.8) is 0 Å². The number of nitrogens with zero attached hydrogens (tertiary/aromatic N) is 5. The lowest BCUT2D eigenvalue weighted by molar-refractivity contribution is -0.121. The number of nitrogens with one attached hydrogen (secondary N) is 3. The molecule has 4 heterocycles. The summed E-state index contributed by atoms with van der Waals surface area (Å²) >= 11 is 0. The van der Waals surface area contributed by atoms with Crippen LogP contribution in [0.1, 0.15) is 32.5 Å². The van der Waals surface area contributed by atoms with Crippen molar-refractivity contribution in [3.05, 3.63) is 24.3 Å². The molecule has 0 aromatic carbocycles. The van der Waals surface area contributed by atoms with Crippen molar-refractivity contribution in [1.82, 2.24) is 34.8 Å². The van der Waals surface area contributed by atoms with Gasteiger partial charge in [0.2, 0.25) is 17.7 Å². The second-order valence-electron chi connectivity index (χ2n) is 9.20. The Morgan fingerprint density at radius 3 is 2.80 bits per heavy atom. The minimum atomic E-state index is -2.51. The SMILES string of the molecule is COc1nc(NC2CC(C)(NC(C)=O)C2)nc2[nH]cc(-c3cnc4nc(C)n(CC(F)F)c4c3)c12. The number of hydrogen-bond donors (Lipinski definition) is 3. The highest BCUT2D eigenvalue weighted by molar-refractivity contribution is 5.98. The van der Waals surface area contributed by atoms with Gasteiger partial charge in [-0.2, -0.15) is 9.97 Å². The first kappa shape index (κ1) is 22.9. The van der Waals surface area contributed by atoms with Crippen LogP contribution in [0, 0.1) is 6.92 Å². The van der Waals surface area contributed by atoms with Gasteiger partial charge >= 0.3 is 0 Å². The average molecular weight is 485 g/mol. The predicted molar refractivity (Wildman–Crippen MR) is 127 cm³/mol. The number of fused-ring (bicyclic) bond motifs is 2. The molecule has 3 N–H and O–H groups in total. The molecule has 4 aromatic heterocycles. The van der Waals surface area contributed by atoms with E-state index in [1.54, 1.807) is 25.4 Å². The first-order valence-corrected chi connectivity index (χ1v) is 11.3. The molecule has 184 valence electrons. The zero-order chi connectivity index (χ0) is 24.9. The number of carbonyl (C=O) groups excluding carboxylic acids is 1. The van der Waals surface area contributed by atoms with Gasteiger partial charge in [-0.25, -0.2) is 18.7 Å². The van der Waals surface area contributed by atoms with E-state index in [-0.39, 0.29) is 17.5 Å². The number of pyridine rings is 1. The smallest absolute Gasteiger partial charge is 0.256 e. The summed E-state index contributed by atoms with van der Waals surface area (Å²) in [7, 11) is 1.53. The van der Waals surface area contributed by atoms with Gasteiger partial charge in [0, 0.05) is 42.0 Å². The summed E-state index contributed by atoms with van der Waals surface area (Å²) in [5.41, 5.74) is 2.70. The molecule has 5 rings (SSSR count). The number of hydrogen-bond acceptors (Lipinski definition) is 7. The number of alkyl halides is 2. The van der Waals surface area contributed by atoms with Crippen LogP contribution < -0.4 is 15.4 Å². The lowest BCUT2D eigenvalue weighted by Crippen LogP contribution is -2.59. The van der Waals surface area contributed by atoms with Crippen LogP contribution in [-0.4, -0.2) is 60.5 Å². The Balaban J connectivity index is 1.47. The van der Waals surface area contributed by atoms with E-state index in [0.717, 1.165) is 18.4 Å². The zero-order valence-electron chi connectivity index (χ0n) is 19.8. The topological polar surface area (TPSA) is 123 Å². The van der Waals surface area contributed by atoms with Crippen molar-refractivity contribution in [2.24, 2.45) is 0 Å². The molecule has 0 aliphatic heterocycles. The molecule has 0 unspecified atom stereocenters. The number of aryl methyl sites for hydroxylation is 1. The van der Waals surface area contributed by atoms with Crippen molar-refractivity contribution in [1.29, 1.82) is 0 Å². The van der Waals surface area contributed by atoms with Crippen LogP contribution in [0.4, 0.5) is 14.7 Å². The molecular weight excluding hydrogens is 458 g/mol. The van der Waals surface area contributed by atoms with E-state index >= 15 is 0 Å². The summed E-state index contributed by atoms with van der Waals surface area (Å²) in [6, 6.07) is 1.91. The third-order valence-electron chi connectivity index (χ3n) is 6.32. The molecule has 0 atom stereocenters. The van der Waals surface area contributed by atoms with Gasteiger partial charge in [0.05, 0.1) is 24.6 Å². The van der Waals surface area contributed by atoms with Crippen molar-refractivity contribution in [2.75, 3.05) is 12.4 Å². The van der Waals surface area contributed by atoms with Gasteiger partial charge in [-0.1, -0.05) is 0 Å². The molecule has 10 nitrogen and oxygen atoms in total. The Morgan fingerprint density at radius 1 is 1.34 bits per heavy atom. The number of carbonyl (C=O) groups is 1. The Hall–Kier alpha value is -3.83. The van der Waals surface area contributed by atoms with E-state index in [2.05, 4.69) is 35.6 Å². The summed E-state index contributed by atoms with van der Waals surface area (Å²) < 4.78 is 33.3. The van der Waals surface area contributed by atoms with Gasteiger partial charge in [-0.3, -0.25) is 4.79 Å². The first-order valence-electron chi connectivity index (χ1n) is 11.3. The van der Waals surface area contributed by atoms with Crippen molar-refractivity contribution >= 4 is 34.1 Å². The van der Waals surface area contributed by atoms with Crippen LogP contribution in [-0.2, 0) is 11.3 Å². The molecule has 0 bridgehead atoms. The second kappa shape index (κ2) is 8.43. The number of H-pyrrole nitrogens is 1. The van der Waals surface area contributed by atoms with Gasteiger partial charge in [0.15, 0.2) is 5.65 Å². The molecule has 4 aromatic rings. The second-order valence-corrected chi connectivity index (χ2v) is 9.20. The zero-order valence-corrected chi connectivity index (χ0v) is 19.8. The van der Waals surface area contributed by atoms with Gasteiger partial charge in [-0.05, 0) is 32.8 Å². The van der Waals surface area contributed by atoms with Crippen LogP contribution in [0.2, 0.25) is 0 Å². The number of anilines is 1. The quantitative estimate of drug-likeness (QED) is 0.367. The Labute approximate surface area is 199 Å². The first-order chi connectivity index (χ1) is 16.7. The maximum atomic E-state index is 13.1. The van der Waals surface area contributed by atoms with Crippen LogP contribution in [0.15, 0.2) is 18.5 Å². The summed E-state index contributed by atoms with van der Waals surface area (Å²) in [5, 5.41) is 6.94. The molecule has 1 aliphatic rings. The molecule has 0 saturated heterocycles. The highest BCUT2D eigenvalue weighted by atomic mass is 19.3. The van der Waals surface area contributed by atoms with E-state index in [0.29, 0.717) is 45.4 Å². The lowest BCUT2D eigenvalue weighted by Gasteiger charge is -2.45. The molecule has 0 spiro atoms. The minimum absolute atomic E-state index is 0.0516. The summed E-state index contributed by atoms with van der Waals surface area (Å²) in [4.78, 5) is 32.4. The number of amides is 1. The highest BCUT2D eigenvalue weighted by Crippen LogP contribution is 2.37. The summed E-state index contributed by atoms with van der Waals surface area (Å²) in [6.07, 6.45) is 2.42. The molecule has 35 heavy (non-hydrogen) atoms. The van der Waals surface area contributed by atoms with Gasteiger partial charge < -0.3 is 24.9 Å². The summed E-state index contributed by atoms with van der Waals surface area (Å²) in [5.74, 6) is 1.21. The number of aromatic nitrogens is 6. The average Bonchev–Trinajstić information content (AvgIpc) is 3.32. The predicted octanol–water partition coefficient (Wildman–Crippen LogP) is 3.42. The van der Waals surface area contributed by atoms with Crippen LogP contribution in [0.3, 0.4) is 0 Å². The van der Waals surface area contributed by atoms with Crippen molar-refractivity contribution in [3.8, 4) is 17.0 Å². The number of ether oxygens (including phenoxy) is 1. The van der Waals surface area contributed by atoms with E-state index in [1.165, 1.54) is 18.6 Å². The maximum absolute atomic E-state index is 13.1. The van der Waals surface area contributed by atoms with E-state index in [9.17, 15) is 13.6 Å². The minimum Gasteiger partial charge on any atom is -0.480 e. The Morgan fingerprint density at radius 2 is 2.11 bits per heavy atom. The number of rotatable bonds is 7. The Bertz CT molecular complexity index is 1420. The molecule has 1 aliphatic carbocycles. The fraction of sp³-hybridized carbons (Fsp3) is 0.435. The Kier molecular flexibility index (Phi) is 5.53. The molecule has 12 heteroatoms. The number of methoxy groups -OCH3 is 1. The summed E-state index contributed by atoms with van der Waals surface area (Å²) in [6.45, 7) is 4.75. The largest absolute Gasteiger partial charge is 0.480 e. The third-order valence-corrected chi connectivity index (χ3v) is 6.32. The van der Waals surface area contributed by atoms with E-state index in [4.69, 9.17) is 4.74 Å². The third kappa shape index (κ3) is 4.24. The number of imidazole rings is 1. The van der Waals surface area contributed by atoms with E-state index < -0.39 is 13.0 Å². The van der Waals surface area contributed by atoms with Crippen LogP contribution in [0.5, 0.6) is 5.88 Å². The number of aromatic amines is 1. The molecule has 0 radical (unpaired) electrons. The fourth-order valence-corrected chi connectivity index (χ4v) is 4.91. The number of halogens is 2. The van der Waals surface area contributed by atoms with Gasteiger partial charge in [-0.15, -0.1) is 0 Å². The van der Waals surface area contributed by atoms with E-state index in [1.807, 2.05) is 6.92 Å². The lowest BCUT2D eigenvalue weighted by atomic mass is 9.74. The monoisotopic (exact) mass is 484 g/mol.